The second-order valence-electron chi connectivity index (χ2n) is 3.72. The third-order valence-electron chi connectivity index (χ3n) is 1.80. The first-order valence-corrected chi connectivity index (χ1v) is 5.39. The largest absolute Gasteiger partial charge is 0.370 e. The normalized spacial score (nSPS) is 10.0. The van der Waals surface area contributed by atoms with Crippen LogP contribution in [0.5, 0.6) is 0 Å². The third-order valence-corrected chi connectivity index (χ3v) is 1.80. The van der Waals surface area contributed by atoms with Gasteiger partial charge in [0.15, 0.2) is 0 Å². The molecule has 2 amide bonds. The van der Waals surface area contributed by atoms with Gasteiger partial charge in [0.1, 0.15) is 5.82 Å². The van der Waals surface area contributed by atoms with Crippen LogP contribution in [-0.4, -0.2) is 23.6 Å². The number of rotatable bonds is 4. The molecule has 0 spiro atoms. The van der Waals surface area contributed by atoms with Crippen LogP contribution in [0.4, 0.5) is 16.3 Å². The minimum atomic E-state index is -0.215. The highest BCUT2D eigenvalue weighted by Crippen LogP contribution is 2.08. The maximum absolute atomic E-state index is 11.4. The Morgan fingerprint density at radius 3 is 2.69 bits per heavy atom. The van der Waals surface area contributed by atoms with E-state index < -0.39 is 0 Å². The zero-order valence-electron chi connectivity index (χ0n) is 9.87. The van der Waals surface area contributed by atoms with Crippen LogP contribution in [0.3, 0.4) is 0 Å². The summed E-state index contributed by atoms with van der Waals surface area (Å²) in [6.07, 6.45) is 1.62. The van der Waals surface area contributed by atoms with E-state index in [1.54, 1.807) is 6.20 Å². The van der Waals surface area contributed by atoms with Gasteiger partial charge in [0.05, 0.1) is 11.9 Å². The lowest BCUT2D eigenvalue weighted by atomic mass is 10.4. The summed E-state index contributed by atoms with van der Waals surface area (Å²) in [4.78, 5) is 15.5. The second kappa shape index (κ2) is 5.95. The summed E-state index contributed by atoms with van der Waals surface area (Å²) in [5.74, 6) is 0.803. The Morgan fingerprint density at radius 1 is 1.44 bits per heavy atom. The Morgan fingerprint density at radius 2 is 2.19 bits per heavy atom. The fraction of sp³-hybridized carbons (Fsp3) is 0.455. The standard InChI is InChI=1S/C11H18N4O/c1-4-12-10-6-5-9(7-13-10)15-11(16)14-8(2)3/h5-8H,4H2,1-3H3,(H,12,13)(H2,14,15,16). The van der Waals surface area contributed by atoms with Crippen molar-refractivity contribution in [2.75, 3.05) is 17.2 Å². The van der Waals surface area contributed by atoms with Gasteiger partial charge in [0.25, 0.3) is 0 Å². The average molecular weight is 222 g/mol. The summed E-state index contributed by atoms with van der Waals surface area (Å²) in [5.41, 5.74) is 0.680. The van der Waals surface area contributed by atoms with Crippen LogP contribution in [0.25, 0.3) is 0 Å². The summed E-state index contributed by atoms with van der Waals surface area (Å²) in [7, 11) is 0. The van der Waals surface area contributed by atoms with Gasteiger partial charge in [-0.3, -0.25) is 0 Å². The average Bonchev–Trinajstić information content (AvgIpc) is 2.20. The molecule has 0 saturated heterocycles. The van der Waals surface area contributed by atoms with E-state index in [0.717, 1.165) is 12.4 Å². The summed E-state index contributed by atoms with van der Waals surface area (Å²) in [6.45, 7) is 6.65. The molecular weight excluding hydrogens is 204 g/mol. The molecule has 5 heteroatoms. The van der Waals surface area contributed by atoms with Crippen molar-refractivity contribution in [1.29, 1.82) is 0 Å². The lowest BCUT2D eigenvalue weighted by molar-refractivity contribution is 0.250. The molecule has 1 aromatic rings. The van der Waals surface area contributed by atoms with E-state index in [4.69, 9.17) is 0 Å². The van der Waals surface area contributed by atoms with Crippen molar-refractivity contribution in [2.45, 2.75) is 26.8 Å². The number of nitrogens with one attached hydrogen (secondary N) is 3. The van der Waals surface area contributed by atoms with Crippen LogP contribution >= 0.6 is 0 Å². The van der Waals surface area contributed by atoms with Crippen LogP contribution in [0.1, 0.15) is 20.8 Å². The molecule has 0 aromatic carbocycles. The molecule has 1 aromatic heterocycles. The number of urea groups is 1. The molecule has 3 N–H and O–H groups in total. The fourth-order valence-electron chi connectivity index (χ4n) is 1.18. The lowest BCUT2D eigenvalue weighted by Gasteiger charge is -2.10. The van der Waals surface area contributed by atoms with Crippen LogP contribution in [-0.2, 0) is 0 Å². The highest BCUT2D eigenvalue weighted by molar-refractivity contribution is 5.89. The molecule has 5 nitrogen and oxygen atoms in total. The maximum atomic E-state index is 11.4. The number of hydrogen-bond donors (Lipinski definition) is 3. The van der Waals surface area contributed by atoms with E-state index in [2.05, 4.69) is 20.9 Å². The number of anilines is 2. The summed E-state index contributed by atoms with van der Waals surface area (Å²) in [6, 6.07) is 3.54. The van der Waals surface area contributed by atoms with E-state index in [0.29, 0.717) is 5.69 Å². The van der Waals surface area contributed by atoms with Gasteiger partial charge in [-0.2, -0.15) is 0 Å². The summed E-state index contributed by atoms with van der Waals surface area (Å²) < 4.78 is 0. The molecule has 0 aliphatic heterocycles. The van der Waals surface area contributed by atoms with Crippen molar-refractivity contribution < 1.29 is 4.79 Å². The highest BCUT2D eigenvalue weighted by atomic mass is 16.2. The highest BCUT2D eigenvalue weighted by Gasteiger charge is 2.03. The zero-order chi connectivity index (χ0) is 12.0. The van der Waals surface area contributed by atoms with Crippen molar-refractivity contribution in [3.63, 3.8) is 0 Å². The van der Waals surface area contributed by atoms with Crippen molar-refractivity contribution in [1.82, 2.24) is 10.3 Å². The fourth-order valence-corrected chi connectivity index (χ4v) is 1.18. The molecule has 0 fully saturated rings. The predicted molar refractivity (Wildman–Crippen MR) is 65.7 cm³/mol. The Balaban J connectivity index is 2.51. The van der Waals surface area contributed by atoms with Crippen molar-refractivity contribution in [3.8, 4) is 0 Å². The molecule has 0 bridgehead atoms. The van der Waals surface area contributed by atoms with Gasteiger partial charge in [0.2, 0.25) is 0 Å². The van der Waals surface area contributed by atoms with Gasteiger partial charge in [0, 0.05) is 12.6 Å². The van der Waals surface area contributed by atoms with Gasteiger partial charge >= 0.3 is 6.03 Å². The first-order valence-electron chi connectivity index (χ1n) is 5.39. The third kappa shape index (κ3) is 4.16. The Labute approximate surface area is 95.7 Å². The van der Waals surface area contributed by atoms with E-state index in [9.17, 15) is 4.79 Å². The SMILES string of the molecule is CCNc1ccc(NC(=O)NC(C)C)cn1. The smallest absolute Gasteiger partial charge is 0.319 e. The number of pyridine rings is 1. The van der Waals surface area contributed by atoms with Gasteiger partial charge in [-0.15, -0.1) is 0 Å². The molecule has 0 unspecified atom stereocenters. The molecule has 0 atom stereocenters. The Hall–Kier alpha value is -1.78. The van der Waals surface area contributed by atoms with E-state index in [1.807, 2.05) is 32.9 Å². The molecule has 1 rings (SSSR count). The molecule has 0 saturated carbocycles. The number of nitrogens with zero attached hydrogens (tertiary/aromatic N) is 1. The summed E-state index contributed by atoms with van der Waals surface area (Å²) >= 11 is 0. The van der Waals surface area contributed by atoms with Gasteiger partial charge < -0.3 is 16.0 Å². The predicted octanol–water partition coefficient (Wildman–Crippen LogP) is 2.04. The topological polar surface area (TPSA) is 66.0 Å². The van der Waals surface area contributed by atoms with Crippen LogP contribution in [0.15, 0.2) is 18.3 Å². The van der Waals surface area contributed by atoms with Crippen molar-refractivity contribution in [3.05, 3.63) is 18.3 Å². The first-order chi connectivity index (χ1) is 7.61. The van der Waals surface area contributed by atoms with Crippen molar-refractivity contribution in [2.24, 2.45) is 0 Å². The van der Waals surface area contributed by atoms with Gasteiger partial charge in [-0.05, 0) is 32.9 Å². The molecule has 16 heavy (non-hydrogen) atoms. The Bertz CT molecular complexity index is 334. The molecule has 0 radical (unpaired) electrons. The number of aromatic nitrogens is 1. The molecule has 0 aliphatic carbocycles. The van der Waals surface area contributed by atoms with Crippen molar-refractivity contribution >= 4 is 17.5 Å². The van der Waals surface area contributed by atoms with E-state index in [-0.39, 0.29) is 12.1 Å². The number of amides is 2. The van der Waals surface area contributed by atoms with Crippen LogP contribution < -0.4 is 16.0 Å². The minimum absolute atomic E-state index is 0.119. The Kier molecular flexibility index (Phi) is 4.57. The number of carbonyl (C=O) groups is 1. The first kappa shape index (κ1) is 12.3. The van der Waals surface area contributed by atoms with Gasteiger partial charge in [-0.1, -0.05) is 0 Å². The van der Waals surface area contributed by atoms with Crippen LogP contribution in [0, 0.1) is 0 Å². The number of carbonyl (C=O) groups excluding carboxylic acids is 1. The zero-order valence-corrected chi connectivity index (χ0v) is 9.87. The quantitative estimate of drug-likeness (QED) is 0.730. The van der Waals surface area contributed by atoms with Crippen LogP contribution in [0.2, 0.25) is 0 Å². The maximum Gasteiger partial charge on any atom is 0.319 e. The van der Waals surface area contributed by atoms with E-state index in [1.165, 1.54) is 0 Å². The minimum Gasteiger partial charge on any atom is -0.370 e. The van der Waals surface area contributed by atoms with Gasteiger partial charge in [-0.25, -0.2) is 9.78 Å². The monoisotopic (exact) mass is 222 g/mol. The lowest BCUT2D eigenvalue weighted by Crippen LogP contribution is -2.34. The molecular formula is C11H18N4O. The summed E-state index contributed by atoms with van der Waals surface area (Å²) in [5, 5.41) is 8.52. The second-order valence-corrected chi connectivity index (χ2v) is 3.72. The molecule has 0 aliphatic rings. The molecule has 1 heterocycles. The number of hydrogen-bond acceptors (Lipinski definition) is 3. The van der Waals surface area contributed by atoms with E-state index >= 15 is 0 Å². The molecule has 88 valence electrons.